The highest BCUT2D eigenvalue weighted by molar-refractivity contribution is 6.16. The maximum absolute atomic E-state index is 12.3. The van der Waals surface area contributed by atoms with Gasteiger partial charge in [-0.1, -0.05) is 12.1 Å². The third-order valence-corrected chi connectivity index (χ3v) is 2.72. The Bertz CT molecular complexity index is 702. The molecule has 0 atom stereocenters. The van der Waals surface area contributed by atoms with Gasteiger partial charge in [-0.25, -0.2) is 9.97 Å². The standard InChI is InChI=1S/C13H12F3N5O/c1-19-12-9(11(18)20-6-21-12)10(17)7-3-2-4-8(5-7)22-13(14,15)16/h2-6,17H,1H3,(H3,18,19,20,21). The third-order valence-electron chi connectivity index (χ3n) is 2.72. The largest absolute Gasteiger partial charge is 0.573 e. The van der Waals surface area contributed by atoms with Gasteiger partial charge < -0.3 is 15.8 Å². The normalized spacial score (nSPS) is 11.1. The molecule has 0 radical (unpaired) electrons. The van der Waals surface area contributed by atoms with Gasteiger partial charge in [-0.15, -0.1) is 13.2 Å². The van der Waals surface area contributed by atoms with Crippen LogP contribution >= 0.6 is 0 Å². The zero-order chi connectivity index (χ0) is 16.3. The average molecular weight is 311 g/mol. The quantitative estimate of drug-likeness (QED) is 0.753. The fourth-order valence-corrected chi connectivity index (χ4v) is 1.83. The van der Waals surface area contributed by atoms with Gasteiger partial charge in [-0.2, -0.15) is 0 Å². The number of aromatic nitrogens is 2. The molecule has 22 heavy (non-hydrogen) atoms. The van der Waals surface area contributed by atoms with Crippen molar-refractivity contribution in [1.29, 1.82) is 5.41 Å². The first kappa shape index (κ1) is 15.5. The summed E-state index contributed by atoms with van der Waals surface area (Å²) in [4.78, 5) is 7.72. The van der Waals surface area contributed by atoms with Gasteiger partial charge in [-0.3, -0.25) is 5.41 Å². The fourth-order valence-electron chi connectivity index (χ4n) is 1.83. The number of nitrogens with zero attached hydrogens (tertiary/aromatic N) is 2. The van der Waals surface area contributed by atoms with Crippen molar-refractivity contribution in [3.63, 3.8) is 0 Å². The Morgan fingerprint density at radius 1 is 1.32 bits per heavy atom. The smallest absolute Gasteiger partial charge is 0.406 e. The summed E-state index contributed by atoms with van der Waals surface area (Å²) in [5, 5.41) is 10.9. The summed E-state index contributed by atoms with van der Waals surface area (Å²) in [6.45, 7) is 0. The van der Waals surface area contributed by atoms with Crippen molar-refractivity contribution in [2.24, 2.45) is 0 Å². The highest BCUT2D eigenvalue weighted by Gasteiger charge is 2.31. The van der Waals surface area contributed by atoms with Crippen molar-refractivity contribution in [1.82, 2.24) is 9.97 Å². The topological polar surface area (TPSA) is 96.9 Å². The van der Waals surface area contributed by atoms with Crippen LogP contribution in [0.4, 0.5) is 24.8 Å². The molecule has 2 rings (SSSR count). The number of halogens is 3. The van der Waals surface area contributed by atoms with Crippen molar-refractivity contribution in [3.05, 3.63) is 41.7 Å². The van der Waals surface area contributed by atoms with E-state index in [1.807, 2.05) is 0 Å². The lowest BCUT2D eigenvalue weighted by atomic mass is 10.0. The molecule has 0 bridgehead atoms. The molecule has 0 saturated carbocycles. The molecule has 2 aromatic rings. The minimum absolute atomic E-state index is 0.0477. The van der Waals surface area contributed by atoms with Gasteiger partial charge >= 0.3 is 6.36 Å². The van der Waals surface area contributed by atoms with Gasteiger partial charge in [0.2, 0.25) is 0 Å². The number of hydrogen-bond acceptors (Lipinski definition) is 6. The molecular weight excluding hydrogens is 299 g/mol. The van der Waals surface area contributed by atoms with Crippen molar-refractivity contribution in [2.75, 3.05) is 18.1 Å². The minimum atomic E-state index is -4.80. The second-order valence-corrected chi connectivity index (χ2v) is 4.18. The molecule has 1 aromatic carbocycles. The van der Waals surface area contributed by atoms with Crippen LogP contribution in [-0.4, -0.2) is 29.1 Å². The summed E-state index contributed by atoms with van der Waals surface area (Å²) in [5.41, 5.74) is 6.01. The van der Waals surface area contributed by atoms with E-state index in [-0.39, 0.29) is 22.7 Å². The van der Waals surface area contributed by atoms with E-state index in [9.17, 15) is 13.2 Å². The Morgan fingerprint density at radius 2 is 2.05 bits per heavy atom. The van der Waals surface area contributed by atoms with E-state index in [1.165, 1.54) is 18.5 Å². The number of benzene rings is 1. The van der Waals surface area contributed by atoms with Gasteiger partial charge in [0, 0.05) is 12.6 Å². The summed E-state index contributed by atoms with van der Waals surface area (Å²) in [7, 11) is 1.59. The molecule has 0 amide bonds. The molecule has 0 fully saturated rings. The number of nitrogens with two attached hydrogens (primary N) is 1. The predicted octanol–water partition coefficient (Wildman–Crippen LogP) is 2.42. The SMILES string of the molecule is CNc1ncnc(N)c1C(=N)c1cccc(OC(F)(F)F)c1. The molecule has 0 spiro atoms. The summed E-state index contributed by atoms with van der Waals surface area (Å²) < 4.78 is 40.6. The average Bonchev–Trinajstić information content (AvgIpc) is 2.44. The van der Waals surface area contributed by atoms with Crippen LogP contribution in [0.2, 0.25) is 0 Å². The monoisotopic (exact) mass is 311 g/mol. The number of anilines is 2. The molecule has 0 aliphatic rings. The molecule has 9 heteroatoms. The molecule has 1 heterocycles. The lowest BCUT2D eigenvalue weighted by Crippen LogP contribution is -2.17. The molecular formula is C13H12F3N5O. The molecule has 0 aliphatic carbocycles. The summed E-state index contributed by atoms with van der Waals surface area (Å²) in [5.74, 6) is -0.0673. The minimum Gasteiger partial charge on any atom is -0.406 e. The van der Waals surface area contributed by atoms with Crippen LogP contribution in [-0.2, 0) is 0 Å². The van der Waals surface area contributed by atoms with Crippen LogP contribution in [0.15, 0.2) is 30.6 Å². The lowest BCUT2D eigenvalue weighted by Gasteiger charge is -2.13. The van der Waals surface area contributed by atoms with E-state index < -0.39 is 12.1 Å². The zero-order valence-electron chi connectivity index (χ0n) is 11.4. The number of alkyl halides is 3. The van der Waals surface area contributed by atoms with E-state index in [4.69, 9.17) is 11.1 Å². The molecule has 0 saturated heterocycles. The Morgan fingerprint density at radius 3 is 2.68 bits per heavy atom. The van der Waals surface area contributed by atoms with Crippen molar-refractivity contribution in [2.45, 2.75) is 6.36 Å². The van der Waals surface area contributed by atoms with Crippen LogP contribution in [0.25, 0.3) is 0 Å². The van der Waals surface area contributed by atoms with Crippen LogP contribution in [0.1, 0.15) is 11.1 Å². The van der Waals surface area contributed by atoms with Crippen LogP contribution in [0, 0.1) is 5.41 Å². The number of ether oxygens (including phenoxy) is 1. The Labute approximate surface area is 123 Å². The Hall–Kier alpha value is -2.84. The molecule has 1 aromatic heterocycles. The van der Waals surface area contributed by atoms with Gasteiger partial charge in [0.05, 0.1) is 11.3 Å². The number of rotatable bonds is 4. The van der Waals surface area contributed by atoms with E-state index in [2.05, 4.69) is 20.0 Å². The van der Waals surface area contributed by atoms with E-state index in [0.717, 1.165) is 12.1 Å². The highest BCUT2D eigenvalue weighted by atomic mass is 19.4. The molecule has 6 nitrogen and oxygen atoms in total. The van der Waals surface area contributed by atoms with E-state index in [1.54, 1.807) is 7.05 Å². The van der Waals surface area contributed by atoms with Gasteiger partial charge in [0.15, 0.2) is 0 Å². The highest BCUT2D eigenvalue weighted by Crippen LogP contribution is 2.26. The van der Waals surface area contributed by atoms with E-state index in [0.29, 0.717) is 5.82 Å². The number of nitrogen functional groups attached to an aromatic ring is 1. The second-order valence-electron chi connectivity index (χ2n) is 4.18. The van der Waals surface area contributed by atoms with Crippen LogP contribution < -0.4 is 15.8 Å². The molecule has 0 aliphatic heterocycles. The second kappa shape index (κ2) is 5.88. The number of hydrogen-bond donors (Lipinski definition) is 3. The van der Waals surface area contributed by atoms with Gasteiger partial charge in [0.1, 0.15) is 23.7 Å². The molecule has 4 N–H and O–H groups in total. The fraction of sp³-hybridized carbons (Fsp3) is 0.154. The van der Waals surface area contributed by atoms with Crippen molar-refractivity contribution in [3.8, 4) is 5.75 Å². The summed E-state index contributed by atoms with van der Waals surface area (Å²) >= 11 is 0. The maximum atomic E-state index is 12.3. The van der Waals surface area contributed by atoms with Crippen molar-refractivity contribution < 1.29 is 17.9 Å². The van der Waals surface area contributed by atoms with Crippen molar-refractivity contribution >= 4 is 17.3 Å². The summed E-state index contributed by atoms with van der Waals surface area (Å²) in [6.07, 6.45) is -3.58. The number of nitrogens with one attached hydrogen (secondary N) is 2. The molecule has 116 valence electrons. The van der Waals surface area contributed by atoms with E-state index >= 15 is 0 Å². The van der Waals surface area contributed by atoms with Gasteiger partial charge in [-0.05, 0) is 12.1 Å². The predicted molar refractivity (Wildman–Crippen MR) is 75.0 cm³/mol. The molecule has 0 unspecified atom stereocenters. The first-order valence-electron chi connectivity index (χ1n) is 6.05. The first-order chi connectivity index (χ1) is 10.3. The van der Waals surface area contributed by atoms with Crippen LogP contribution in [0.3, 0.4) is 0 Å². The Kier molecular flexibility index (Phi) is 4.15. The zero-order valence-corrected chi connectivity index (χ0v) is 11.4. The van der Waals surface area contributed by atoms with Gasteiger partial charge in [0.25, 0.3) is 0 Å². The maximum Gasteiger partial charge on any atom is 0.573 e. The Balaban J connectivity index is 2.41. The lowest BCUT2D eigenvalue weighted by molar-refractivity contribution is -0.274. The summed E-state index contributed by atoms with van der Waals surface area (Å²) in [6, 6.07) is 5.07. The third kappa shape index (κ3) is 3.43. The first-order valence-corrected chi connectivity index (χ1v) is 6.05. The van der Waals surface area contributed by atoms with Crippen LogP contribution in [0.5, 0.6) is 5.75 Å².